The number of rotatable bonds is 1. The number of benzene rings is 1. The third-order valence-corrected chi connectivity index (χ3v) is 4.74. The lowest BCUT2D eigenvalue weighted by Crippen LogP contribution is -2.08. The van der Waals surface area contributed by atoms with E-state index in [0.29, 0.717) is 5.57 Å². The number of fused-ring (bicyclic) bond motifs is 1. The lowest BCUT2D eigenvalue weighted by atomic mass is 9.96. The summed E-state index contributed by atoms with van der Waals surface area (Å²) in [7, 11) is 1.10. The third kappa shape index (κ3) is 2.06. The predicted molar refractivity (Wildman–Crippen MR) is 77.8 cm³/mol. The fourth-order valence-electron chi connectivity index (χ4n) is 2.60. The first-order chi connectivity index (χ1) is 9.38. The van der Waals surface area contributed by atoms with Crippen molar-refractivity contribution in [3.05, 3.63) is 64.0 Å². The van der Waals surface area contributed by atoms with Crippen LogP contribution in [0.1, 0.15) is 25.0 Å². The maximum absolute atomic E-state index is 13.2. The molecule has 0 atom stereocenters. The molecule has 20 heavy (non-hydrogen) atoms. The minimum atomic E-state index is -4.33. The van der Waals surface area contributed by atoms with E-state index in [0.717, 1.165) is 30.7 Å². The molecule has 1 aromatic rings. The molecule has 1 heterocycles. The second-order valence-electron chi connectivity index (χ2n) is 4.94. The third-order valence-electron chi connectivity index (χ3n) is 3.44. The average Bonchev–Trinajstić information content (AvgIpc) is 2.88. The largest absolute Gasteiger partial charge is 0.417 e. The number of alkyl halides is 3. The molecule has 2 aliphatic rings. The van der Waals surface area contributed by atoms with Gasteiger partial charge in [-0.25, -0.2) is 0 Å². The molecule has 0 unspecified atom stereocenters. The monoisotopic (exact) mass is 292 g/mol. The van der Waals surface area contributed by atoms with Crippen LogP contribution in [0.25, 0.3) is 5.57 Å². The Morgan fingerprint density at radius 2 is 1.65 bits per heavy atom. The normalized spacial score (nSPS) is 18.8. The van der Waals surface area contributed by atoms with Crippen molar-refractivity contribution in [3.8, 4) is 0 Å². The Morgan fingerprint density at radius 1 is 0.950 bits per heavy atom. The van der Waals surface area contributed by atoms with Gasteiger partial charge in [0.05, 0.1) is 5.56 Å². The van der Waals surface area contributed by atoms with Crippen molar-refractivity contribution < 1.29 is 13.2 Å². The zero-order chi connectivity index (χ0) is 14.5. The first kappa shape index (κ1) is 13.4. The van der Waals surface area contributed by atoms with Gasteiger partial charge in [0.2, 0.25) is 0 Å². The molecule has 1 aliphatic heterocycles. The molecule has 3 rings (SSSR count). The maximum atomic E-state index is 13.2. The quantitative estimate of drug-likeness (QED) is 0.603. The van der Waals surface area contributed by atoms with E-state index in [9.17, 15) is 13.2 Å². The summed E-state index contributed by atoms with van der Waals surface area (Å²) in [4.78, 5) is 0. The lowest BCUT2D eigenvalue weighted by molar-refractivity contribution is -0.137. The molecule has 4 heteroatoms. The minimum absolute atomic E-state index is 0.269. The summed E-state index contributed by atoms with van der Waals surface area (Å²) in [6.07, 6.45) is -0.471. The highest BCUT2D eigenvalue weighted by molar-refractivity contribution is 7.47. The number of hydrogen-bond acceptors (Lipinski definition) is 0. The summed E-state index contributed by atoms with van der Waals surface area (Å²) in [6.45, 7) is 3.96. The zero-order valence-electron chi connectivity index (χ0n) is 11.0. The van der Waals surface area contributed by atoms with Crippen molar-refractivity contribution in [1.82, 2.24) is 0 Å². The fourth-order valence-corrected chi connectivity index (χ4v) is 3.70. The first-order valence-corrected chi connectivity index (χ1v) is 7.14. The molecule has 1 aromatic carbocycles. The second-order valence-corrected chi connectivity index (χ2v) is 6.32. The van der Waals surface area contributed by atoms with E-state index in [1.165, 1.54) is 11.4 Å². The van der Waals surface area contributed by atoms with Crippen LogP contribution in [0.15, 0.2) is 52.9 Å². The van der Waals surface area contributed by atoms with Gasteiger partial charge in [-0.2, -0.15) is 13.2 Å². The van der Waals surface area contributed by atoms with Crippen LogP contribution in [0, 0.1) is 0 Å². The molecular weight excluding hydrogens is 280 g/mol. The van der Waals surface area contributed by atoms with Gasteiger partial charge in [-0.05, 0) is 59.7 Å². The molecular formula is C16H12F3P. The van der Waals surface area contributed by atoms with Crippen LogP contribution in [0.4, 0.5) is 13.2 Å². The molecule has 0 radical (unpaired) electrons. The Bertz CT molecular complexity index is 715. The van der Waals surface area contributed by atoms with Crippen LogP contribution in [0.5, 0.6) is 0 Å². The van der Waals surface area contributed by atoms with Gasteiger partial charge in [-0.15, -0.1) is 0 Å². The van der Waals surface area contributed by atoms with E-state index >= 15 is 0 Å². The van der Waals surface area contributed by atoms with Crippen LogP contribution < -0.4 is 0 Å². The molecule has 0 saturated heterocycles. The van der Waals surface area contributed by atoms with Gasteiger partial charge in [0.1, 0.15) is 0 Å². The summed E-state index contributed by atoms with van der Waals surface area (Å²) < 4.78 is 39.5. The Morgan fingerprint density at radius 3 is 2.35 bits per heavy atom. The summed E-state index contributed by atoms with van der Waals surface area (Å²) in [5, 5.41) is 2.30. The van der Waals surface area contributed by atoms with Crippen LogP contribution in [0.3, 0.4) is 0 Å². The minimum Gasteiger partial charge on any atom is -0.166 e. The number of hydrogen-bond donors (Lipinski definition) is 0. The average molecular weight is 292 g/mol. The van der Waals surface area contributed by atoms with Crippen molar-refractivity contribution in [1.29, 1.82) is 0 Å². The SMILES string of the molecule is CC1=CC2=C(c3ccccc3C(F)(F)F)C=C(C)C2=P1. The molecule has 0 spiro atoms. The molecule has 0 aromatic heterocycles. The van der Waals surface area contributed by atoms with Gasteiger partial charge in [-0.1, -0.05) is 26.4 Å². The van der Waals surface area contributed by atoms with Gasteiger partial charge >= 0.3 is 6.18 Å². The molecule has 1 aliphatic carbocycles. The Labute approximate surface area is 117 Å². The fraction of sp³-hybridized carbons (Fsp3) is 0.188. The number of halogens is 3. The van der Waals surface area contributed by atoms with Crippen molar-refractivity contribution in [2.24, 2.45) is 0 Å². The Kier molecular flexibility index (Phi) is 2.98. The standard InChI is InChI=1S/C16H12F3P/c1-9-7-12(13-8-10(2)20-15(9)13)11-5-3-4-6-14(11)16(17,18)19/h3-8H,1-2H3. The van der Waals surface area contributed by atoms with E-state index in [4.69, 9.17) is 0 Å². The highest BCUT2D eigenvalue weighted by atomic mass is 31.1. The molecule has 0 bridgehead atoms. The highest BCUT2D eigenvalue weighted by Crippen LogP contribution is 2.44. The van der Waals surface area contributed by atoms with Gasteiger partial charge in [-0.3, -0.25) is 0 Å². The van der Waals surface area contributed by atoms with Gasteiger partial charge in [0, 0.05) is 5.29 Å². The summed E-state index contributed by atoms with van der Waals surface area (Å²) >= 11 is 0. The molecule has 0 nitrogen and oxygen atoms in total. The molecule has 0 saturated carbocycles. The van der Waals surface area contributed by atoms with E-state index < -0.39 is 11.7 Å². The van der Waals surface area contributed by atoms with Crippen LogP contribution in [-0.4, -0.2) is 5.29 Å². The molecule has 0 fully saturated rings. The number of allylic oxidation sites excluding steroid dienone is 6. The van der Waals surface area contributed by atoms with Crippen molar-refractivity contribution in [3.63, 3.8) is 0 Å². The smallest absolute Gasteiger partial charge is 0.166 e. The van der Waals surface area contributed by atoms with Gasteiger partial charge in [0.25, 0.3) is 0 Å². The van der Waals surface area contributed by atoms with E-state index in [1.54, 1.807) is 12.1 Å². The maximum Gasteiger partial charge on any atom is 0.417 e. The Hall–Kier alpha value is -1.60. The summed E-state index contributed by atoms with van der Waals surface area (Å²) in [6, 6.07) is 5.79. The Balaban J connectivity index is 2.24. The van der Waals surface area contributed by atoms with E-state index in [2.05, 4.69) is 0 Å². The lowest BCUT2D eigenvalue weighted by Gasteiger charge is -2.13. The molecule has 0 N–H and O–H groups in total. The highest BCUT2D eigenvalue weighted by Gasteiger charge is 2.35. The van der Waals surface area contributed by atoms with Gasteiger partial charge in [0.15, 0.2) is 0 Å². The summed E-state index contributed by atoms with van der Waals surface area (Å²) in [5.41, 5.74) is 2.39. The second kappa shape index (κ2) is 4.46. The van der Waals surface area contributed by atoms with Crippen LogP contribution in [0.2, 0.25) is 0 Å². The van der Waals surface area contributed by atoms with Crippen molar-refractivity contribution in [2.75, 3.05) is 0 Å². The van der Waals surface area contributed by atoms with Crippen molar-refractivity contribution in [2.45, 2.75) is 20.0 Å². The topological polar surface area (TPSA) is 0 Å². The zero-order valence-corrected chi connectivity index (χ0v) is 11.9. The van der Waals surface area contributed by atoms with Crippen LogP contribution >= 0.6 is 8.20 Å². The van der Waals surface area contributed by atoms with Gasteiger partial charge < -0.3 is 0 Å². The van der Waals surface area contributed by atoms with Crippen molar-refractivity contribution >= 4 is 19.1 Å². The van der Waals surface area contributed by atoms with E-state index in [-0.39, 0.29) is 5.56 Å². The molecule has 0 amide bonds. The summed E-state index contributed by atoms with van der Waals surface area (Å²) in [5.74, 6) is 0. The van der Waals surface area contributed by atoms with E-state index in [1.807, 2.05) is 26.0 Å². The predicted octanol–water partition coefficient (Wildman–Crippen LogP) is 5.45. The van der Waals surface area contributed by atoms with Crippen LogP contribution in [-0.2, 0) is 6.18 Å². The first-order valence-electron chi connectivity index (χ1n) is 6.25. The molecule has 102 valence electrons.